The first-order chi connectivity index (χ1) is 11.0. The van der Waals surface area contributed by atoms with Gasteiger partial charge in [-0.15, -0.1) is 0 Å². The van der Waals surface area contributed by atoms with E-state index in [0.717, 1.165) is 42.7 Å². The van der Waals surface area contributed by atoms with Gasteiger partial charge in [-0.1, -0.05) is 44.2 Å². The average Bonchev–Trinajstić information content (AvgIpc) is 2.53. The Hall–Kier alpha value is -2.14. The van der Waals surface area contributed by atoms with Gasteiger partial charge in [0.1, 0.15) is 11.6 Å². The first-order valence-corrected chi connectivity index (χ1v) is 8.11. The van der Waals surface area contributed by atoms with E-state index in [9.17, 15) is 0 Å². The molecule has 0 saturated carbocycles. The van der Waals surface area contributed by atoms with Crippen LogP contribution in [-0.4, -0.2) is 48.6 Å². The molecule has 0 bridgehead atoms. The van der Waals surface area contributed by atoms with E-state index in [-0.39, 0.29) is 0 Å². The van der Waals surface area contributed by atoms with E-state index in [0.29, 0.717) is 5.92 Å². The minimum Gasteiger partial charge on any atom is -0.370 e. The molecule has 0 saturated heterocycles. The summed E-state index contributed by atoms with van der Waals surface area (Å²) >= 11 is 0. The molecule has 0 unspecified atom stereocenters. The smallest absolute Gasteiger partial charge is 0.163 e. The molecule has 5 nitrogen and oxygen atoms in total. The van der Waals surface area contributed by atoms with E-state index in [4.69, 9.17) is 0 Å². The predicted octanol–water partition coefficient (Wildman–Crippen LogP) is 3.19. The van der Waals surface area contributed by atoms with Gasteiger partial charge in [-0.3, -0.25) is 0 Å². The summed E-state index contributed by atoms with van der Waals surface area (Å²) in [4.78, 5) is 11.4. The second-order valence-corrected chi connectivity index (χ2v) is 6.33. The summed E-state index contributed by atoms with van der Waals surface area (Å²) < 4.78 is 0. The lowest BCUT2D eigenvalue weighted by molar-refractivity contribution is 0.425. The summed E-state index contributed by atoms with van der Waals surface area (Å²) in [5, 5.41) is 6.77. The third kappa shape index (κ3) is 5.87. The molecule has 23 heavy (non-hydrogen) atoms. The molecule has 0 aliphatic heterocycles. The van der Waals surface area contributed by atoms with Gasteiger partial charge in [0, 0.05) is 31.3 Å². The van der Waals surface area contributed by atoms with E-state index in [1.807, 2.05) is 36.4 Å². The summed E-state index contributed by atoms with van der Waals surface area (Å²) in [7, 11) is 4.12. The minimum absolute atomic E-state index is 0.565. The fraction of sp³-hybridized carbons (Fsp3) is 0.444. The number of anilines is 2. The number of hydrogen-bond donors (Lipinski definition) is 2. The Balaban J connectivity index is 2.20. The fourth-order valence-electron chi connectivity index (χ4n) is 2.06. The van der Waals surface area contributed by atoms with Crippen molar-refractivity contribution in [2.75, 3.05) is 44.4 Å². The molecule has 5 heteroatoms. The van der Waals surface area contributed by atoms with Crippen LogP contribution in [-0.2, 0) is 0 Å². The number of benzene rings is 1. The van der Waals surface area contributed by atoms with E-state index >= 15 is 0 Å². The average molecular weight is 313 g/mol. The van der Waals surface area contributed by atoms with Gasteiger partial charge >= 0.3 is 0 Å². The van der Waals surface area contributed by atoms with Crippen LogP contribution in [0.1, 0.15) is 13.8 Å². The second kappa shape index (κ2) is 8.48. The first-order valence-electron chi connectivity index (χ1n) is 8.11. The Kier molecular flexibility index (Phi) is 6.35. The second-order valence-electron chi connectivity index (χ2n) is 6.33. The van der Waals surface area contributed by atoms with Gasteiger partial charge in [0.15, 0.2) is 5.82 Å². The van der Waals surface area contributed by atoms with E-state index in [1.165, 1.54) is 0 Å². The maximum absolute atomic E-state index is 4.65. The third-order valence-corrected chi connectivity index (χ3v) is 3.31. The number of likely N-dealkylation sites (N-methyl/N-ethyl adjacent to an activating group) is 1. The molecule has 2 N–H and O–H groups in total. The number of nitrogens with one attached hydrogen (secondary N) is 2. The van der Waals surface area contributed by atoms with Gasteiger partial charge in [-0.25, -0.2) is 9.97 Å². The maximum Gasteiger partial charge on any atom is 0.163 e. The highest BCUT2D eigenvalue weighted by atomic mass is 15.1. The molecule has 0 spiro atoms. The Morgan fingerprint density at radius 3 is 2.26 bits per heavy atom. The normalized spacial score (nSPS) is 11.0. The van der Waals surface area contributed by atoms with E-state index in [2.05, 4.69) is 53.4 Å². The van der Waals surface area contributed by atoms with Gasteiger partial charge in [0.25, 0.3) is 0 Å². The van der Waals surface area contributed by atoms with Gasteiger partial charge in [0.2, 0.25) is 0 Å². The van der Waals surface area contributed by atoms with Crippen LogP contribution in [0.15, 0.2) is 36.4 Å². The fourth-order valence-corrected chi connectivity index (χ4v) is 2.06. The van der Waals surface area contributed by atoms with Crippen LogP contribution in [0.5, 0.6) is 0 Å². The largest absolute Gasteiger partial charge is 0.370 e. The Morgan fingerprint density at radius 2 is 1.65 bits per heavy atom. The molecule has 0 fully saturated rings. The molecule has 124 valence electrons. The van der Waals surface area contributed by atoms with E-state index in [1.54, 1.807) is 0 Å². The van der Waals surface area contributed by atoms with Crippen molar-refractivity contribution in [3.05, 3.63) is 36.4 Å². The van der Waals surface area contributed by atoms with Gasteiger partial charge in [0.05, 0.1) is 0 Å². The van der Waals surface area contributed by atoms with Crippen LogP contribution in [0.3, 0.4) is 0 Å². The SMILES string of the molecule is CC(C)CNc1cc(NCCN(C)C)nc(-c2ccccc2)n1. The highest BCUT2D eigenvalue weighted by molar-refractivity contribution is 5.61. The molecule has 0 aliphatic carbocycles. The zero-order chi connectivity index (χ0) is 16.7. The maximum atomic E-state index is 4.65. The molecule has 1 heterocycles. The summed E-state index contributed by atoms with van der Waals surface area (Å²) in [6.45, 7) is 7.06. The molecule has 1 aromatic carbocycles. The number of aromatic nitrogens is 2. The van der Waals surface area contributed by atoms with Crippen LogP contribution in [0.2, 0.25) is 0 Å². The van der Waals surface area contributed by atoms with Crippen molar-refractivity contribution in [2.45, 2.75) is 13.8 Å². The van der Waals surface area contributed by atoms with Crippen LogP contribution < -0.4 is 10.6 Å². The van der Waals surface area contributed by atoms with Crippen LogP contribution in [0.4, 0.5) is 11.6 Å². The van der Waals surface area contributed by atoms with Crippen molar-refractivity contribution < 1.29 is 0 Å². The number of hydrogen-bond acceptors (Lipinski definition) is 5. The monoisotopic (exact) mass is 313 g/mol. The van der Waals surface area contributed by atoms with E-state index < -0.39 is 0 Å². The van der Waals surface area contributed by atoms with Crippen molar-refractivity contribution in [1.82, 2.24) is 14.9 Å². The molecule has 2 rings (SSSR count). The summed E-state index contributed by atoms with van der Waals surface area (Å²) in [6, 6.07) is 12.1. The Labute approximate surface area is 139 Å². The lowest BCUT2D eigenvalue weighted by atomic mass is 10.2. The van der Waals surface area contributed by atoms with Crippen LogP contribution in [0, 0.1) is 5.92 Å². The van der Waals surface area contributed by atoms with Crippen LogP contribution in [0.25, 0.3) is 11.4 Å². The molecule has 2 aromatic rings. The van der Waals surface area contributed by atoms with Crippen molar-refractivity contribution in [3.8, 4) is 11.4 Å². The first kappa shape index (κ1) is 17.2. The highest BCUT2D eigenvalue weighted by Crippen LogP contribution is 2.20. The molecule has 0 aliphatic rings. The molecular weight excluding hydrogens is 286 g/mol. The predicted molar refractivity (Wildman–Crippen MR) is 97.8 cm³/mol. The molecular formula is C18H27N5. The van der Waals surface area contributed by atoms with Crippen molar-refractivity contribution >= 4 is 11.6 Å². The number of rotatable bonds is 8. The molecule has 0 atom stereocenters. The summed E-state index contributed by atoms with van der Waals surface area (Å²) in [5.41, 5.74) is 1.02. The third-order valence-electron chi connectivity index (χ3n) is 3.31. The van der Waals surface area contributed by atoms with Crippen molar-refractivity contribution in [1.29, 1.82) is 0 Å². The van der Waals surface area contributed by atoms with Crippen molar-refractivity contribution in [2.24, 2.45) is 5.92 Å². The lowest BCUT2D eigenvalue weighted by Gasteiger charge is -2.14. The number of nitrogens with zero attached hydrogens (tertiary/aromatic N) is 3. The quantitative estimate of drug-likeness (QED) is 0.784. The molecule has 0 amide bonds. The lowest BCUT2D eigenvalue weighted by Crippen LogP contribution is -2.21. The van der Waals surface area contributed by atoms with Gasteiger partial charge in [-0.05, 0) is 20.0 Å². The van der Waals surface area contributed by atoms with Crippen molar-refractivity contribution in [3.63, 3.8) is 0 Å². The zero-order valence-electron chi connectivity index (χ0n) is 14.5. The van der Waals surface area contributed by atoms with Gasteiger partial charge < -0.3 is 15.5 Å². The minimum atomic E-state index is 0.565. The highest BCUT2D eigenvalue weighted by Gasteiger charge is 2.07. The summed E-state index contributed by atoms with van der Waals surface area (Å²) in [5.74, 6) is 3.02. The standard InChI is InChI=1S/C18H27N5/c1-14(2)13-20-17-12-16(19-10-11-23(3)4)21-18(22-17)15-8-6-5-7-9-15/h5-9,12,14H,10-11,13H2,1-4H3,(H2,19,20,21,22). The topological polar surface area (TPSA) is 53.1 Å². The van der Waals surface area contributed by atoms with Gasteiger partial charge in [-0.2, -0.15) is 0 Å². The molecule has 1 aromatic heterocycles. The zero-order valence-corrected chi connectivity index (χ0v) is 14.5. The van der Waals surface area contributed by atoms with Crippen LogP contribution >= 0.6 is 0 Å². The Morgan fingerprint density at radius 1 is 1.00 bits per heavy atom. The Bertz CT molecular complexity index is 596. The summed E-state index contributed by atoms with van der Waals surface area (Å²) in [6.07, 6.45) is 0. The molecule has 0 radical (unpaired) electrons.